The molecule has 0 aromatic carbocycles. The van der Waals surface area contributed by atoms with Gasteiger partial charge in [0.2, 0.25) is 0 Å². The summed E-state index contributed by atoms with van der Waals surface area (Å²) in [5.74, 6) is 0. The fraction of sp³-hybridized carbons (Fsp3) is 0. The normalized spacial score (nSPS) is 0.800. The molecule has 18 valence electrons. The summed E-state index contributed by atoms with van der Waals surface area (Å²) in [6.07, 6.45) is 0. The number of rotatable bonds is 0. The van der Waals surface area contributed by atoms with E-state index in [4.69, 9.17) is 0 Å². The molecule has 3 heteroatoms. The van der Waals surface area contributed by atoms with Crippen LogP contribution in [0.3, 0.4) is 0 Å². The van der Waals surface area contributed by atoms with Crippen molar-refractivity contribution in [2.45, 2.75) is 0 Å². The zero-order chi connectivity index (χ0) is 2.00. The van der Waals surface area contributed by atoms with Gasteiger partial charge in [0.05, 0.1) is 0 Å². The summed E-state index contributed by atoms with van der Waals surface area (Å²) in [7, 11) is 0. The molecule has 0 N–H and O–H groups in total. The molecule has 5 heavy (non-hydrogen) atoms. The summed E-state index contributed by atoms with van der Waals surface area (Å²) in [5.41, 5.74) is 0. The topological polar surface area (TPSA) is 0 Å². The minimum Gasteiger partial charge on any atom is -0.106 e. The Morgan fingerprint density at radius 1 is 0.800 bits per heavy atom. The Morgan fingerprint density at radius 3 is 0.800 bits per heavy atom. The van der Waals surface area contributed by atoms with Crippen LogP contribution in [0.1, 0.15) is 0 Å². The Hall–Kier alpha value is 2.66. The van der Waals surface area contributed by atoms with E-state index in [9.17, 15) is 0 Å². The van der Waals surface area contributed by atoms with Gasteiger partial charge in [0.25, 0.3) is 0 Å². The molecule has 0 fully saturated rings. The Balaban J connectivity index is -0.00000000167. The van der Waals surface area contributed by atoms with Crippen LogP contribution in [0.25, 0.3) is 0 Å². The maximum atomic E-state index is 3.00. The standard InChI is InChI=1S/C2H4.2Na.Pb/c1-2;;;/h1-2H2;;;. The molecule has 0 bridgehead atoms. The second kappa shape index (κ2) is 30.1. The first-order valence-corrected chi connectivity index (χ1v) is 0.500. The minimum absolute atomic E-state index is 0. The van der Waals surface area contributed by atoms with Crippen LogP contribution in [0.5, 0.6) is 0 Å². The predicted octanol–water partition coefficient (Wildman–Crippen LogP) is -0.340. The summed E-state index contributed by atoms with van der Waals surface area (Å²) in [5, 5.41) is 0. The third kappa shape index (κ3) is 20.4. The van der Waals surface area contributed by atoms with Gasteiger partial charge in [-0.05, 0) is 0 Å². The van der Waals surface area contributed by atoms with Crippen molar-refractivity contribution in [3.63, 3.8) is 0 Å². The van der Waals surface area contributed by atoms with Gasteiger partial charge in [-0.3, -0.25) is 0 Å². The molecule has 6 radical (unpaired) electrons. The van der Waals surface area contributed by atoms with Gasteiger partial charge in [-0.25, -0.2) is 0 Å². The second-order valence-corrected chi connectivity index (χ2v) is 0. The molecule has 0 aliphatic rings. The van der Waals surface area contributed by atoms with Crippen LogP contribution in [0, 0.1) is 0 Å². The van der Waals surface area contributed by atoms with Crippen molar-refractivity contribution in [1.29, 1.82) is 0 Å². The molecule has 0 rings (SSSR count). The average Bonchev–Trinajstić information content (AvgIpc) is 1.00. The van der Waals surface area contributed by atoms with E-state index in [2.05, 4.69) is 13.2 Å². The van der Waals surface area contributed by atoms with Crippen LogP contribution in [-0.2, 0) is 0 Å². The molecule has 0 nitrogen and oxygen atoms in total. The summed E-state index contributed by atoms with van der Waals surface area (Å²) in [4.78, 5) is 0. The van der Waals surface area contributed by atoms with E-state index in [1.54, 1.807) is 0 Å². The van der Waals surface area contributed by atoms with Crippen molar-refractivity contribution in [1.82, 2.24) is 0 Å². The summed E-state index contributed by atoms with van der Waals surface area (Å²) in [6.45, 7) is 6.00. The zero-order valence-corrected chi connectivity index (χ0v) is 11.8. The van der Waals surface area contributed by atoms with E-state index in [1.807, 2.05) is 0 Å². The first kappa shape index (κ1) is 25.4. The van der Waals surface area contributed by atoms with Crippen molar-refractivity contribution in [2.24, 2.45) is 0 Å². The van der Waals surface area contributed by atoms with Crippen molar-refractivity contribution < 1.29 is 0 Å². The van der Waals surface area contributed by atoms with Crippen LogP contribution in [-0.4, -0.2) is 86.4 Å². The SMILES string of the molecule is C=C.[Na].[Na].[Pb]. The van der Waals surface area contributed by atoms with Gasteiger partial charge in [-0.2, -0.15) is 0 Å². The molecule has 0 spiro atoms. The molecule has 0 saturated carbocycles. The third-order valence-electron chi connectivity index (χ3n) is 0. The van der Waals surface area contributed by atoms with Gasteiger partial charge < -0.3 is 0 Å². The van der Waals surface area contributed by atoms with E-state index in [0.29, 0.717) is 0 Å². The van der Waals surface area contributed by atoms with Crippen LogP contribution in [0.15, 0.2) is 13.2 Å². The second-order valence-electron chi connectivity index (χ2n) is 0. The molecule has 0 aromatic heterocycles. The molecule has 0 saturated heterocycles. The van der Waals surface area contributed by atoms with Crippen LogP contribution < -0.4 is 0 Å². The van der Waals surface area contributed by atoms with Gasteiger partial charge in [0, 0.05) is 86.4 Å². The maximum absolute atomic E-state index is 3.00. The van der Waals surface area contributed by atoms with Crippen LogP contribution >= 0.6 is 0 Å². The van der Waals surface area contributed by atoms with Crippen molar-refractivity contribution in [3.8, 4) is 0 Å². The molecule has 0 aromatic rings. The zero-order valence-electron chi connectivity index (χ0n) is 3.91. The van der Waals surface area contributed by atoms with E-state index in [0.717, 1.165) is 0 Å². The predicted molar refractivity (Wildman–Crippen MR) is 28.5 cm³/mol. The Kier molecular flexibility index (Phi) is 153. The first-order valence-electron chi connectivity index (χ1n) is 0.500. The van der Waals surface area contributed by atoms with Gasteiger partial charge >= 0.3 is 0 Å². The van der Waals surface area contributed by atoms with Gasteiger partial charge in [-0.1, -0.05) is 0 Å². The molecular formula is C2H4Na2Pb. The smallest absolute Gasteiger partial charge is 0 e. The quantitative estimate of drug-likeness (QED) is 0.421. The summed E-state index contributed by atoms with van der Waals surface area (Å²) < 4.78 is 0. The largest absolute Gasteiger partial charge is 0.106 e. The van der Waals surface area contributed by atoms with Gasteiger partial charge in [0.1, 0.15) is 0 Å². The van der Waals surface area contributed by atoms with E-state index < -0.39 is 0 Å². The van der Waals surface area contributed by atoms with Crippen LogP contribution in [0.4, 0.5) is 0 Å². The van der Waals surface area contributed by atoms with Crippen molar-refractivity contribution in [3.05, 3.63) is 13.2 Å². The fourth-order valence-corrected chi connectivity index (χ4v) is 0. The van der Waals surface area contributed by atoms with Crippen molar-refractivity contribution in [2.75, 3.05) is 0 Å². The fourth-order valence-electron chi connectivity index (χ4n) is 0. The number of hydrogen-bond acceptors (Lipinski definition) is 0. The Morgan fingerprint density at radius 2 is 0.800 bits per heavy atom. The molecule has 0 unspecified atom stereocenters. The van der Waals surface area contributed by atoms with Crippen LogP contribution in [0.2, 0.25) is 0 Å². The minimum atomic E-state index is 0. The Bertz CT molecular complexity index is 7.61. The first-order chi connectivity index (χ1) is 1.00. The molecule has 0 aliphatic heterocycles. The molecular weight excluding hydrogens is 277 g/mol. The van der Waals surface area contributed by atoms with Crippen molar-refractivity contribution >= 4 is 86.4 Å². The third-order valence-corrected chi connectivity index (χ3v) is 0. The van der Waals surface area contributed by atoms with E-state index in [-0.39, 0.29) is 86.4 Å². The maximum Gasteiger partial charge on any atom is 0 e. The van der Waals surface area contributed by atoms with Gasteiger partial charge in [0.15, 0.2) is 0 Å². The van der Waals surface area contributed by atoms with E-state index in [1.165, 1.54) is 0 Å². The Labute approximate surface area is 97.5 Å². The summed E-state index contributed by atoms with van der Waals surface area (Å²) in [6, 6.07) is 0. The monoisotopic (exact) mass is 282 g/mol. The molecule has 0 amide bonds. The molecule has 0 aliphatic carbocycles. The molecule has 0 atom stereocenters. The van der Waals surface area contributed by atoms with Gasteiger partial charge in [-0.15, -0.1) is 13.2 Å². The molecule has 0 heterocycles. The average molecular weight is 281 g/mol. The number of hydrogen-bond donors (Lipinski definition) is 0. The van der Waals surface area contributed by atoms with E-state index >= 15 is 0 Å². The summed E-state index contributed by atoms with van der Waals surface area (Å²) >= 11 is 0.